The van der Waals surface area contributed by atoms with E-state index in [4.69, 9.17) is 4.74 Å². The first-order valence-corrected chi connectivity index (χ1v) is 6.96. The first-order valence-electron chi connectivity index (χ1n) is 6.96. The Labute approximate surface area is 117 Å². The summed E-state index contributed by atoms with van der Waals surface area (Å²) in [6.45, 7) is 0.726. The highest BCUT2D eigenvalue weighted by Crippen LogP contribution is 2.34. The molecule has 2 aliphatic heterocycles. The van der Waals surface area contributed by atoms with Crippen LogP contribution in [-0.4, -0.2) is 36.5 Å². The number of imide groups is 1. The second-order valence-electron chi connectivity index (χ2n) is 5.31. The predicted octanol–water partition coefficient (Wildman–Crippen LogP) is 1.88. The Morgan fingerprint density at radius 3 is 2.95 bits per heavy atom. The maximum atomic E-state index is 12.3. The molecule has 2 fully saturated rings. The van der Waals surface area contributed by atoms with Gasteiger partial charge in [0.25, 0.3) is 0 Å². The molecule has 2 atom stereocenters. The Kier molecular flexibility index (Phi) is 3.34. The zero-order chi connectivity index (χ0) is 14.1. The van der Waals surface area contributed by atoms with Crippen molar-refractivity contribution in [1.29, 1.82) is 0 Å². The lowest BCUT2D eigenvalue weighted by Gasteiger charge is -2.43. The standard InChI is InChI=1S/C15H18N2O3/c1-20-11-6-4-5-10(9-11)13-12-7-2-3-8-17(12)15(19)16-14(13)18/h4-6,9,12-13H,2-3,7-8H2,1H3,(H,16,18,19)/t12-,13-/m0/s1. The molecule has 0 spiro atoms. The summed E-state index contributed by atoms with van der Waals surface area (Å²) in [4.78, 5) is 26.0. The lowest BCUT2D eigenvalue weighted by molar-refractivity contribution is -0.125. The van der Waals surface area contributed by atoms with Crippen molar-refractivity contribution in [2.75, 3.05) is 13.7 Å². The van der Waals surface area contributed by atoms with E-state index in [1.165, 1.54) is 0 Å². The van der Waals surface area contributed by atoms with E-state index in [1.54, 1.807) is 12.0 Å². The summed E-state index contributed by atoms with van der Waals surface area (Å²) in [5.74, 6) is 0.226. The minimum atomic E-state index is -0.303. The van der Waals surface area contributed by atoms with E-state index in [9.17, 15) is 9.59 Å². The molecule has 106 valence electrons. The average Bonchev–Trinajstić information content (AvgIpc) is 2.47. The molecule has 1 aromatic carbocycles. The highest BCUT2D eigenvalue weighted by Gasteiger charge is 2.43. The maximum Gasteiger partial charge on any atom is 0.324 e. The molecule has 1 aromatic rings. The third-order valence-electron chi connectivity index (χ3n) is 4.16. The van der Waals surface area contributed by atoms with Gasteiger partial charge >= 0.3 is 6.03 Å². The summed E-state index contributed by atoms with van der Waals surface area (Å²) >= 11 is 0. The smallest absolute Gasteiger partial charge is 0.324 e. The molecule has 3 amide bonds. The van der Waals surface area contributed by atoms with Crippen molar-refractivity contribution in [3.8, 4) is 5.75 Å². The number of piperidine rings is 1. The maximum absolute atomic E-state index is 12.3. The molecule has 0 aromatic heterocycles. The van der Waals surface area contributed by atoms with Crippen LogP contribution >= 0.6 is 0 Å². The summed E-state index contributed by atoms with van der Waals surface area (Å²) in [5, 5.41) is 2.47. The highest BCUT2D eigenvalue weighted by molar-refractivity contribution is 6.01. The van der Waals surface area contributed by atoms with E-state index in [0.29, 0.717) is 0 Å². The van der Waals surface area contributed by atoms with Gasteiger partial charge in [-0.05, 0) is 37.0 Å². The fourth-order valence-electron chi connectivity index (χ4n) is 3.19. The first kappa shape index (κ1) is 13.0. The number of amides is 3. The summed E-state index contributed by atoms with van der Waals surface area (Å²) < 4.78 is 5.23. The molecule has 2 heterocycles. The van der Waals surface area contributed by atoms with Crippen molar-refractivity contribution >= 4 is 11.9 Å². The Hall–Kier alpha value is -2.04. The van der Waals surface area contributed by atoms with Gasteiger partial charge in [-0.1, -0.05) is 12.1 Å². The Morgan fingerprint density at radius 1 is 1.30 bits per heavy atom. The van der Waals surface area contributed by atoms with Gasteiger partial charge < -0.3 is 9.64 Å². The minimum absolute atomic E-state index is 0.0305. The van der Waals surface area contributed by atoms with Gasteiger partial charge in [-0.2, -0.15) is 0 Å². The zero-order valence-corrected chi connectivity index (χ0v) is 11.5. The number of carbonyl (C=O) groups excluding carboxylic acids is 2. The number of carbonyl (C=O) groups is 2. The SMILES string of the molecule is COc1cccc([C@@H]2C(=O)NC(=O)N3CCCC[C@@H]23)c1. The van der Waals surface area contributed by atoms with Gasteiger partial charge in [0.15, 0.2) is 0 Å². The van der Waals surface area contributed by atoms with E-state index in [-0.39, 0.29) is 23.9 Å². The third kappa shape index (κ3) is 2.13. The summed E-state index contributed by atoms with van der Waals surface area (Å²) in [6.07, 6.45) is 2.94. The molecule has 5 heteroatoms. The predicted molar refractivity (Wildman–Crippen MR) is 73.6 cm³/mol. The number of rotatable bonds is 2. The van der Waals surface area contributed by atoms with Crippen molar-refractivity contribution in [2.45, 2.75) is 31.2 Å². The Bertz CT molecular complexity index is 544. The third-order valence-corrected chi connectivity index (χ3v) is 4.16. The van der Waals surface area contributed by atoms with Gasteiger partial charge in [0.1, 0.15) is 5.75 Å². The molecule has 0 bridgehead atoms. The van der Waals surface area contributed by atoms with Gasteiger partial charge in [0, 0.05) is 12.6 Å². The molecule has 3 rings (SSSR count). The fraction of sp³-hybridized carbons (Fsp3) is 0.467. The average molecular weight is 274 g/mol. The van der Waals surface area contributed by atoms with Gasteiger partial charge in [0.2, 0.25) is 5.91 Å². The number of fused-ring (bicyclic) bond motifs is 1. The lowest BCUT2D eigenvalue weighted by atomic mass is 9.83. The Morgan fingerprint density at radius 2 is 2.15 bits per heavy atom. The largest absolute Gasteiger partial charge is 0.497 e. The summed E-state index contributed by atoms with van der Waals surface area (Å²) in [6, 6.07) is 7.26. The number of ether oxygens (including phenoxy) is 1. The number of nitrogens with zero attached hydrogens (tertiary/aromatic N) is 1. The van der Waals surface area contributed by atoms with Crippen LogP contribution in [0.2, 0.25) is 0 Å². The Balaban J connectivity index is 1.96. The summed E-state index contributed by atoms with van der Waals surface area (Å²) in [5.41, 5.74) is 0.909. The minimum Gasteiger partial charge on any atom is -0.497 e. The van der Waals surface area contributed by atoms with E-state index >= 15 is 0 Å². The molecule has 0 unspecified atom stereocenters. The number of hydrogen-bond acceptors (Lipinski definition) is 3. The monoisotopic (exact) mass is 274 g/mol. The normalized spacial score (nSPS) is 25.9. The molecular formula is C15H18N2O3. The molecule has 1 N–H and O–H groups in total. The number of nitrogens with one attached hydrogen (secondary N) is 1. The fourth-order valence-corrected chi connectivity index (χ4v) is 3.19. The van der Waals surface area contributed by atoms with Gasteiger partial charge in [-0.15, -0.1) is 0 Å². The topological polar surface area (TPSA) is 58.6 Å². The molecule has 2 saturated heterocycles. The molecule has 2 aliphatic rings. The van der Waals surface area contributed by atoms with Crippen LogP contribution in [0.5, 0.6) is 5.75 Å². The van der Waals surface area contributed by atoms with E-state index < -0.39 is 0 Å². The van der Waals surface area contributed by atoms with Crippen LogP contribution in [0.15, 0.2) is 24.3 Å². The van der Waals surface area contributed by atoms with Crippen molar-refractivity contribution in [3.05, 3.63) is 29.8 Å². The van der Waals surface area contributed by atoms with Gasteiger partial charge in [0.05, 0.1) is 13.0 Å². The van der Waals surface area contributed by atoms with Crippen LogP contribution in [0.3, 0.4) is 0 Å². The summed E-state index contributed by atoms with van der Waals surface area (Å²) in [7, 11) is 1.61. The molecule has 0 aliphatic carbocycles. The van der Waals surface area contributed by atoms with Crippen LogP contribution in [0.4, 0.5) is 4.79 Å². The van der Waals surface area contributed by atoms with Crippen molar-refractivity contribution < 1.29 is 14.3 Å². The van der Waals surface area contributed by atoms with Crippen LogP contribution in [0.1, 0.15) is 30.7 Å². The van der Waals surface area contributed by atoms with Crippen molar-refractivity contribution in [3.63, 3.8) is 0 Å². The molecule has 0 radical (unpaired) electrons. The van der Waals surface area contributed by atoms with E-state index in [2.05, 4.69) is 5.32 Å². The van der Waals surface area contributed by atoms with Gasteiger partial charge in [-0.25, -0.2) is 4.79 Å². The molecular weight excluding hydrogens is 256 g/mol. The number of benzene rings is 1. The van der Waals surface area contributed by atoms with E-state index in [1.807, 2.05) is 24.3 Å². The van der Waals surface area contributed by atoms with Crippen LogP contribution in [-0.2, 0) is 4.79 Å². The van der Waals surface area contributed by atoms with Crippen LogP contribution < -0.4 is 10.1 Å². The zero-order valence-electron chi connectivity index (χ0n) is 11.5. The number of hydrogen-bond donors (Lipinski definition) is 1. The molecule has 0 saturated carbocycles. The first-order chi connectivity index (χ1) is 9.70. The second kappa shape index (κ2) is 5.15. The highest BCUT2D eigenvalue weighted by atomic mass is 16.5. The van der Waals surface area contributed by atoms with Crippen molar-refractivity contribution in [2.24, 2.45) is 0 Å². The number of methoxy groups -OCH3 is 1. The van der Waals surface area contributed by atoms with Crippen molar-refractivity contribution in [1.82, 2.24) is 10.2 Å². The molecule has 20 heavy (non-hydrogen) atoms. The molecule has 5 nitrogen and oxygen atoms in total. The lowest BCUT2D eigenvalue weighted by Crippen LogP contribution is -2.60. The van der Waals surface area contributed by atoms with Gasteiger partial charge in [-0.3, -0.25) is 10.1 Å². The quantitative estimate of drug-likeness (QED) is 0.896. The number of urea groups is 1. The van der Waals surface area contributed by atoms with E-state index in [0.717, 1.165) is 37.1 Å². The van der Waals surface area contributed by atoms with Crippen LogP contribution in [0, 0.1) is 0 Å². The van der Waals surface area contributed by atoms with Crippen LogP contribution in [0.25, 0.3) is 0 Å². The second-order valence-corrected chi connectivity index (χ2v) is 5.31.